The van der Waals surface area contributed by atoms with Gasteiger partial charge in [0, 0.05) is 25.4 Å². The maximum atomic E-state index is 13.7. The summed E-state index contributed by atoms with van der Waals surface area (Å²) >= 11 is 0. The van der Waals surface area contributed by atoms with Gasteiger partial charge in [0.25, 0.3) is 0 Å². The summed E-state index contributed by atoms with van der Waals surface area (Å²) in [5.74, 6) is 0.124. The zero-order valence-corrected chi connectivity index (χ0v) is 19.9. The normalized spacial score (nSPS) is 13.5. The maximum Gasteiger partial charge on any atom is 0.419 e. The molecule has 1 amide bonds. The van der Waals surface area contributed by atoms with E-state index in [4.69, 9.17) is 0 Å². The van der Waals surface area contributed by atoms with Crippen molar-refractivity contribution < 1.29 is 26.4 Å². The van der Waals surface area contributed by atoms with E-state index in [1.54, 1.807) is 36.4 Å². The molecular weight excluding hydrogens is 481 g/mol. The fraction of sp³-hybridized carbons (Fsp3) is 0.292. The molecule has 2 heterocycles. The van der Waals surface area contributed by atoms with Crippen LogP contribution in [0.2, 0.25) is 0 Å². The van der Waals surface area contributed by atoms with Crippen LogP contribution >= 0.6 is 0 Å². The predicted octanol–water partition coefficient (Wildman–Crippen LogP) is 3.76. The van der Waals surface area contributed by atoms with Gasteiger partial charge in [-0.05, 0) is 41.7 Å². The van der Waals surface area contributed by atoms with Crippen molar-refractivity contribution in [2.45, 2.75) is 31.9 Å². The van der Waals surface area contributed by atoms with Gasteiger partial charge in [-0.1, -0.05) is 30.3 Å². The Kier molecular flexibility index (Phi) is 6.54. The zero-order chi connectivity index (χ0) is 25.4. The Morgan fingerprint density at radius 3 is 2.57 bits per heavy atom. The number of nitrogens with zero attached hydrogens (tertiary/aromatic N) is 3. The van der Waals surface area contributed by atoms with Crippen LogP contribution in [0.4, 0.5) is 24.5 Å². The molecule has 0 radical (unpaired) electrons. The average Bonchev–Trinajstić information content (AvgIpc) is 3.15. The van der Waals surface area contributed by atoms with Gasteiger partial charge in [0.1, 0.15) is 5.82 Å². The number of rotatable bonds is 7. The number of nitrogens with one attached hydrogen (secondary N) is 1. The molecule has 11 heteroatoms. The molecule has 0 fully saturated rings. The van der Waals surface area contributed by atoms with Gasteiger partial charge in [-0.2, -0.15) is 13.2 Å². The SMILES string of the molecule is CN(c1ccccc1CCc1nc(Cc2ccc3c(c2)CC(=O)N3)ncc1C(F)(F)F)S(C)(=O)=O. The lowest BCUT2D eigenvalue weighted by Gasteiger charge is -2.20. The number of benzene rings is 2. The number of amides is 1. The first-order valence-electron chi connectivity index (χ1n) is 10.8. The van der Waals surface area contributed by atoms with E-state index in [2.05, 4.69) is 15.3 Å². The first-order valence-corrected chi connectivity index (χ1v) is 12.6. The Morgan fingerprint density at radius 1 is 1.11 bits per heavy atom. The minimum absolute atomic E-state index is 0.0540. The van der Waals surface area contributed by atoms with E-state index >= 15 is 0 Å². The number of aromatic nitrogens is 2. The largest absolute Gasteiger partial charge is 0.419 e. The molecule has 0 saturated carbocycles. The third kappa shape index (κ3) is 5.61. The molecule has 3 aromatic rings. The molecule has 1 aliphatic heterocycles. The van der Waals surface area contributed by atoms with Crippen LogP contribution in [-0.4, -0.2) is 37.6 Å². The van der Waals surface area contributed by atoms with E-state index in [0.717, 1.165) is 33.6 Å². The molecule has 1 N–H and O–H groups in total. The number of fused-ring (bicyclic) bond motifs is 1. The Hall–Kier alpha value is -3.47. The lowest BCUT2D eigenvalue weighted by Crippen LogP contribution is -2.26. The van der Waals surface area contributed by atoms with Crippen LogP contribution in [0.3, 0.4) is 0 Å². The monoisotopic (exact) mass is 504 g/mol. The van der Waals surface area contributed by atoms with Crippen LogP contribution in [0, 0.1) is 0 Å². The van der Waals surface area contributed by atoms with E-state index in [9.17, 15) is 26.4 Å². The van der Waals surface area contributed by atoms with E-state index in [-0.39, 0.29) is 43.1 Å². The third-order valence-corrected chi connectivity index (χ3v) is 7.03. The van der Waals surface area contributed by atoms with Gasteiger partial charge in [-0.25, -0.2) is 18.4 Å². The van der Waals surface area contributed by atoms with Gasteiger partial charge in [-0.15, -0.1) is 0 Å². The van der Waals surface area contributed by atoms with Crippen LogP contribution in [-0.2, 0) is 46.7 Å². The molecule has 1 aliphatic rings. The summed E-state index contributed by atoms with van der Waals surface area (Å²) in [4.78, 5) is 19.8. The summed E-state index contributed by atoms with van der Waals surface area (Å²) in [6.45, 7) is 0. The molecule has 0 aliphatic carbocycles. The van der Waals surface area contributed by atoms with Crippen molar-refractivity contribution in [3.63, 3.8) is 0 Å². The highest BCUT2D eigenvalue weighted by atomic mass is 32.2. The molecule has 0 spiro atoms. The van der Waals surface area contributed by atoms with Crippen molar-refractivity contribution in [1.29, 1.82) is 0 Å². The predicted molar refractivity (Wildman–Crippen MR) is 126 cm³/mol. The highest BCUT2D eigenvalue weighted by Gasteiger charge is 2.35. The fourth-order valence-corrected chi connectivity index (χ4v) is 4.54. The van der Waals surface area contributed by atoms with Crippen LogP contribution in [0.15, 0.2) is 48.7 Å². The van der Waals surface area contributed by atoms with Crippen molar-refractivity contribution in [2.75, 3.05) is 22.9 Å². The van der Waals surface area contributed by atoms with Crippen molar-refractivity contribution >= 4 is 27.3 Å². The molecule has 184 valence electrons. The standard InChI is InChI=1S/C24H23F3N4O3S/c1-31(35(2,33)34)21-6-4-3-5-16(21)8-10-20-18(24(25,26)27)14-28-22(29-20)12-15-7-9-19-17(11-15)13-23(32)30-19/h3-7,9,11,14H,8,10,12-13H2,1-2H3,(H,30,32). The number of carbonyl (C=O) groups excluding carboxylic acids is 1. The zero-order valence-electron chi connectivity index (χ0n) is 19.1. The average molecular weight is 505 g/mol. The lowest BCUT2D eigenvalue weighted by molar-refractivity contribution is -0.138. The second-order valence-electron chi connectivity index (χ2n) is 8.40. The van der Waals surface area contributed by atoms with E-state index < -0.39 is 21.8 Å². The Morgan fingerprint density at radius 2 is 1.86 bits per heavy atom. The molecular formula is C24H23F3N4O3S. The van der Waals surface area contributed by atoms with Crippen molar-refractivity contribution in [3.8, 4) is 0 Å². The topological polar surface area (TPSA) is 92.3 Å². The second kappa shape index (κ2) is 9.29. The molecule has 35 heavy (non-hydrogen) atoms. The van der Waals surface area contributed by atoms with Crippen molar-refractivity contribution in [1.82, 2.24) is 9.97 Å². The van der Waals surface area contributed by atoms with Crippen LogP contribution < -0.4 is 9.62 Å². The minimum Gasteiger partial charge on any atom is -0.326 e. The number of anilines is 2. The van der Waals surface area contributed by atoms with Gasteiger partial charge in [-0.3, -0.25) is 9.10 Å². The van der Waals surface area contributed by atoms with E-state index in [1.165, 1.54) is 7.05 Å². The van der Waals surface area contributed by atoms with Gasteiger partial charge >= 0.3 is 6.18 Å². The third-order valence-electron chi connectivity index (χ3n) is 5.84. The van der Waals surface area contributed by atoms with Gasteiger partial charge in [0.2, 0.25) is 15.9 Å². The summed E-state index contributed by atoms with van der Waals surface area (Å²) in [5.41, 5.74) is 2.25. The quantitative estimate of drug-likeness (QED) is 0.529. The molecule has 1 aromatic heterocycles. The van der Waals surface area contributed by atoms with Crippen LogP contribution in [0.25, 0.3) is 0 Å². The van der Waals surface area contributed by atoms with Gasteiger partial charge in [0.15, 0.2) is 0 Å². The summed E-state index contributed by atoms with van der Waals surface area (Å²) in [7, 11) is -2.14. The molecule has 7 nitrogen and oxygen atoms in total. The summed E-state index contributed by atoms with van der Waals surface area (Å²) in [6.07, 6.45) is -2.21. The molecule has 0 bridgehead atoms. The number of carbonyl (C=O) groups is 1. The first-order chi connectivity index (χ1) is 16.4. The van der Waals surface area contributed by atoms with Crippen LogP contribution in [0.5, 0.6) is 0 Å². The van der Waals surface area contributed by atoms with E-state index in [1.807, 2.05) is 6.07 Å². The van der Waals surface area contributed by atoms with Crippen molar-refractivity contribution in [2.24, 2.45) is 0 Å². The maximum absolute atomic E-state index is 13.7. The molecule has 2 aromatic carbocycles. The van der Waals surface area contributed by atoms with E-state index in [0.29, 0.717) is 11.3 Å². The number of alkyl halides is 3. The number of para-hydroxylation sites is 1. The van der Waals surface area contributed by atoms with Gasteiger partial charge < -0.3 is 5.32 Å². The number of aryl methyl sites for hydroxylation is 2. The highest BCUT2D eigenvalue weighted by molar-refractivity contribution is 7.92. The number of halogens is 3. The Labute approximate surface area is 201 Å². The summed E-state index contributed by atoms with van der Waals surface area (Å²) in [5, 5.41) is 2.74. The summed E-state index contributed by atoms with van der Waals surface area (Å²) < 4.78 is 66.1. The highest BCUT2D eigenvalue weighted by Crippen LogP contribution is 2.32. The molecule has 0 atom stereocenters. The molecule has 0 saturated heterocycles. The number of hydrogen-bond acceptors (Lipinski definition) is 5. The van der Waals surface area contributed by atoms with Crippen molar-refractivity contribution in [3.05, 3.63) is 82.4 Å². The molecule has 0 unspecified atom stereocenters. The second-order valence-corrected chi connectivity index (χ2v) is 10.4. The summed E-state index contributed by atoms with van der Waals surface area (Å²) in [6, 6.07) is 12.0. The molecule has 4 rings (SSSR count). The van der Waals surface area contributed by atoms with Gasteiger partial charge in [0.05, 0.1) is 29.6 Å². The fourth-order valence-electron chi connectivity index (χ4n) is 4.01. The van der Waals surface area contributed by atoms with Crippen LogP contribution in [0.1, 0.15) is 33.8 Å². The minimum atomic E-state index is -4.63. The number of hydrogen-bond donors (Lipinski definition) is 1. The first kappa shape index (κ1) is 24.6. The smallest absolute Gasteiger partial charge is 0.326 e. The Balaban J connectivity index is 1.61. The lowest BCUT2D eigenvalue weighted by atomic mass is 10.0. The Bertz CT molecular complexity index is 1390. The number of sulfonamides is 1.